The largest absolute Gasteiger partial charge is 0.272 e. The van der Waals surface area contributed by atoms with Gasteiger partial charge in [-0.3, -0.25) is 9.78 Å². The molecule has 0 bridgehead atoms. The van der Waals surface area contributed by atoms with Crippen molar-refractivity contribution in [3.8, 4) is 0 Å². The van der Waals surface area contributed by atoms with Crippen LogP contribution in [0, 0.1) is 0 Å². The molecule has 1 heterocycles. The van der Waals surface area contributed by atoms with Crippen molar-refractivity contribution in [3.63, 3.8) is 0 Å². The third-order valence-electron chi connectivity index (χ3n) is 3.08. The molecule has 21 heavy (non-hydrogen) atoms. The first-order valence-electron chi connectivity index (χ1n) is 6.55. The lowest BCUT2D eigenvalue weighted by Gasteiger charge is -2.00. The Morgan fingerprint density at radius 3 is 2.71 bits per heavy atom. The fraction of sp³-hybridized carbons (Fsp3) is 0. The molecule has 3 rings (SSSR count). The van der Waals surface area contributed by atoms with Crippen LogP contribution < -0.4 is 5.43 Å². The van der Waals surface area contributed by atoms with Crippen LogP contribution in [0.2, 0.25) is 0 Å². The molecule has 0 aliphatic heterocycles. The number of fused-ring (bicyclic) bond motifs is 1. The first kappa shape index (κ1) is 13.0. The highest BCUT2D eigenvalue weighted by atomic mass is 16.2. The second kappa shape index (κ2) is 5.96. The van der Waals surface area contributed by atoms with Gasteiger partial charge in [0.05, 0.1) is 11.8 Å². The molecule has 2 aromatic carbocycles. The molecule has 3 aromatic rings. The summed E-state index contributed by atoms with van der Waals surface area (Å²) >= 11 is 0. The summed E-state index contributed by atoms with van der Waals surface area (Å²) in [5.41, 5.74) is 3.90. The number of amides is 1. The molecule has 0 atom stereocenters. The Hall–Kier alpha value is -3.01. The minimum absolute atomic E-state index is 0.278. The van der Waals surface area contributed by atoms with Crippen molar-refractivity contribution in [1.82, 2.24) is 10.4 Å². The summed E-state index contributed by atoms with van der Waals surface area (Å²) in [7, 11) is 0. The van der Waals surface area contributed by atoms with Gasteiger partial charge in [-0.2, -0.15) is 5.10 Å². The van der Waals surface area contributed by atoms with E-state index in [1.165, 1.54) is 11.6 Å². The third-order valence-corrected chi connectivity index (χ3v) is 3.08. The molecule has 0 aliphatic rings. The Kier molecular flexibility index (Phi) is 3.69. The fourth-order valence-electron chi connectivity index (χ4n) is 2.02. The number of carbonyl (C=O) groups is 1. The second-order valence-corrected chi connectivity index (χ2v) is 4.55. The maximum atomic E-state index is 11.8. The van der Waals surface area contributed by atoms with Crippen LogP contribution in [-0.4, -0.2) is 17.1 Å². The average Bonchev–Trinajstić information content (AvgIpc) is 2.55. The predicted octanol–water partition coefficient (Wildman–Crippen LogP) is 3.00. The molecule has 0 radical (unpaired) electrons. The Balaban J connectivity index is 1.71. The Morgan fingerprint density at radius 2 is 1.90 bits per heavy atom. The molecule has 1 N–H and O–H groups in total. The van der Waals surface area contributed by atoms with Crippen LogP contribution in [0.15, 0.2) is 72.1 Å². The van der Waals surface area contributed by atoms with Crippen molar-refractivity contribution in [2.45, 2.75) is 0 Å². The number of hydrogen-bond acceptors (Lipinski definition) is 3. The van der Waals surface area contributed by atoms with Gasteiger partial charge in [0.25, 0.3) is 5.91 Å². The molecule has 0 saturated heterocycles. The van der Waals surface area contributed by atoms with E-state index in [9.17, 15) is 4.79 Å². The highest BCUT2D eigenvalue weighted by Gasteiger charge is 2.02. The van der Waals surface area contributed by atoms with Crippen molar-refractivity contribution in [2.24, 2.45) is 5.10 Å². The second-order valence-electron chi connectivity index (χ2n) is 4.55. The Morgan fingerprint density at radius 1 is 1.05 bits per heavy atom. The summed E-state index contributed by atoms with van der Waals surface area (Å²) in [5, 5.41) is 6.29. The number of aromatic nitrogens is 1. The van der Waals surface area contributed by atoms with Crippen LogP contribution in [0.4, 0.5) is 0 Å². The van der Waals surface area contributed by atoms with Gasteiger partial charge < -0.3 is 0 Å². The van der Waals surface area contributed by atoms with Crippen LogP contribution in [0.5, 0.6) is 0 Å². The SMILES string of the molecule is O=C(NN=Cc1ccc2ccccc2c1)c1cccnc1. The van der Waals surface area contributed by atoms with Gasteiger partial charge in [-0.1, -0.05) is 36.4 Å². The van der Waals surface area contributed by atoms with E-state index in [1.54, 1.807) is 24.5 Å². The molecule has 0 unspecified atom stereocenters. The molecule has 0 saturated carbocycles. The van der Waals surface area contributed by atoms with E-state index in [4.69, 9.17) is 0 Å². The summed E-state index contributed by atoms with van der Waals surface area (Å²) in [5.74, 6) is -0.278. The van der Waals surface area contributed by atoms with Gasteiger partial charge in [0, 0.05) is 12.4 Å². The minimum atomic E-state index is -0.278. The lowest BCUT2D eigenvalue weighted by Crippen LogP contribution is -2.17. The number of hydrogen-bond donors (Lipinski definition) is 1. The van der Waals surface area contributed by atoms with Crippen molar-refractivity contribution >= 4 is 22.9 Å². The number of nitrogens with zero attached hydrogens (tertiary/aromatic N) is 2. The number of nitrogens with one attached hydrogen (secondary N) is 1. The average molecular weight is 275 g/mol. The standard InChI is InChI=1S/C17H13N3O/c21-17(16-6-3-9-18-12-16)20-19-11-13-7-8-14-4-1-2-5-15(14)10-13/h1-12H,(H,20,21). The first-order chi connectivity index (χ1) is 10.3. The lowest BCUT2D eigenvalue weighted by atomic mass is 10.1. The summed E-state index contributed by atoms with van der Waals surface area (Å²) in [6.07, 6.45) is 4.75. The maximum absolute atomic E-state index is 11.8. The summed E-state index contributed by atoms with van der Waals surface area (Å²) in [6.45, 7) is 0. The van der Waals surface area contributed by atoms with Crippen LogP contribution in [-0.2, 0) is 0 Å². The molecule has 1 aromatic heterocycles. The summed E-state index contributed by atoms with van der Waals surface area (Å²) < 4.78 is 0. The molecule has 0 aliphatic carbocycles. The van der Waals surface area contributed by atoms with Crippen molar-refractivity contribution in [2.75, 3.05) is 0 Å². The van der Waals surface area contributed by atoms with E-state index in [-0.39, 0.29) is 5.91 Å². The number of benzene rings is 2. The molecule has 0 fully saturated rings. The number of rotatable bonds is 3. The van der Waals surface area contributed by atoms with Gasteiger partial charge >= 0.3 is 0 Å². The molecule has 1 amide bonds. The topological polar surface area (TPSA) is 54.4 Å². The smallest absolute Gasteiger partial charge is 0.267 e. The molecule has 0 spiro atoms. The Bertz CT molecular complexity index is 797. The number of pyridine rings is 1. The highest BCUT2D eigenvalue weighted by Crippen LogP contribution is 2.14. The molecular weight excluding hydrogens is 262 g/mol. The van der Waals surface area contributed by atoms with E-state index < -0.39 is 0 Å². The Labute approximate surface area is 122 Å². The predicted molar refractivity (Wildman–Crippen MR) is 83.2 cm³/mol. The number of carbonyl (C=O) groups excluding carboxylic acids is 1. The van der Waals surface area contributed by atoms with Crippen molar-refractivity contribution < 1.29 is 4.79 Å². The zero-order chi connectivity index (χ0) is 14.5. The van der Waals surface area contributed by atoms with Crippen LogP contribution in [0.1, 0.15) is 15.9 Å². The van der Waals surface area contributed by atoms with Gasteiger partial charge in [0.1, 0.15) is 0 Å². The molecule has 4 nitrogen and oxygen atoms in total. The molecular formula is C17H13N3O. The van der Waals surface area contributed by atoms with Gasteiger partial charge in [0.2, 0.25) is 0 Å². The zero-order valence-corrected chi connectivity index (χ0v) is 11.2. The summed E-state index contributed by atoms with van der Waals surface area (Å²) in [6, 6.07) is 17.5. The van der Waals surface area contributed by atoms with E-state index in [2.05, 4.69) is 21.6 Å². The van der Waals surface area contributed by atoms with E-state index in [0.29, 0.717) is 5.56 Å². The fourth-order valence-corrected chi connectivity index (χ4v) is 2.02. The summed E-state index contributed by atoms with van der Waals surface area (Å²) in [4.78, 5) is 15.7. The monoisotopic (exact) mass is 275 g/mol. The number of hydrazone groups is 1. The van der Waals surface area contributed by atoms with Gasteiger partial charge in [-0.05, 0) is 34.5 Å². The van der Waals surface area contributed by atoms with E-state index in [0.717, 1.165) is 10.9 Å². The normalized spacial score (nSPS) is 10.9. The van der Waals surface area contributed by atoms with E-state index in [1.807, 2.05) is 36.4 Å². The molecule has 102 valence electrons. The minimum Gasteiger partial charge on any atom is -0.267 e. The van der Waals surface area contributed by atoms with Gasteiger partial charge in [0.15, 0.2) is 0 Å². The quantitative estimate of drug-likeness (QED) is 0.590. The van der Waals surface area contributed by atoms with Crippen LogP contribution in [0.3, 0.4) is 0 Å². The van der Waals surface area contributed by atoms with Crippen LogP contribution >= 0.6 is 0 Å². The molecule has 4 heteroatoms. The third kappa shape index (κ3) is 3.12. The van der Waals surface area contributed by atoms with Crippen LogP contribution in [0.25, 0.3) is 10.8 Å². The zero-order valence-electron chi connectivity index (χ0n) is 11.2. The van der Waals surface area contributed by atoms with Gasteiger partial charge in [-0.25, -0.2) is 5.43 Å². The maximum Gasteiger partial charge on any atom is 0.272 e. The van der Waals surface area contributed by atoms with Crippen molar-refractivity contribution in [1.29, 1.82) is 0 Å². The lowest BCUT2D eigenvalue weighted by molar-refractivity contribution is 0.0955. The first-order valence-corrected chi connectivity index (χ1v) is 6.55. The highest BCUT2D eigenvalue weighted by molar-refractivity contribution is 5.95. The van der Waals surface area contributed by atoms with E-state index >= 15 is 0 Å². The van der Waals surface area contributed by atoms with Crippen molar-refractivity contribution in [3.05, 3.63) is 78.1 Å². The van der Waals surface area contributed by atoms with Gasteiger partial charge in [-0.15, -0.1) is 0 Å².